The number of aromatic nitrogens is 4. The molecule has 0 aliphatic carbocycles. The molecule has 0 unspecified atom stereocenters. The van der Waals surface area contributed by atoms with Crippen LogP contribution in [-0.4, -0.2) is 63.1 Å². The molecular formula is C24H33FN7O6P. The average Bonchev–Trinajstić information content (AvgIpc) is 3.41. The SMILES string of the molecule is CNc1nc(N)nc2c1ncn2[C@@H]1O[C@H](CO[P@@](=O)(N[C@@H](C)C(=O)OC(C)C)Oc2ccccc2)C[C@@]1(C)F. The van der Waals surface area contributed by atoms with Crippen LogP contribution in [0.3, 0.4) is 0 Å². The number of rotatable bonds is 11. The van der Waals surface area contributed by atoms with E-state index in [2.05, 4.69) is 25.4 Å². The van der Waals surface area contributed by atoms with Gasteiger partial charge in [0.1, 0.15) is 11.8 Å². The van der Waals surface area contributed by atoms with Crippen molar-refractivity contribution < 1.29 is 32.3 Å². The Bertz CT molecular complexity index is 1360. The van der Waals surface area contributed by atoms with Crippen LogP contribution in [0.1, 0.15) is 40.3 Å². The third kappa shape index (κ3) is 6.64. The van der Waals surface area contributed by atoms with Gasteiger partial charge >= 0.3 is 13.7 Å². The summed E-state index contributed by atoms with van der Waals surface area (Å²) < 4.78 is 53.5. The number of nitrogen functional groups attached to an aromatic ring is 1. The Hall–Kier alpha value is -3.32. The molecule has 0 radical (unpaired) electrons. The van der Waals surface area contributed by atoms with E-state index in [-0.39, 0.29) is 30.8 Å². The Kier molecular flexibility index (Phi) is 8.40. The molecule has 3 heterocycles. The van der Waals surface area contributed by atoms with Crippen LogP contribution in [0, 0.1) is 0 Å². The first-order valence-corrected chi connectivity index (χ1v) is 13.9. The summed E-state index contributed by atoms with van der Waals surface area (Å²) in [6, 6.07) is 7.32. The quantitative estimate of drug-likeness (QED) is 0.229. The third-order valence-corrected chi connectivity index (χ3v) is 7.49. The molecule has 2 aromatic heterocycles. The van der Waals surface area contributed by atoms with Crippen LogP contribution >= 0.6 is 7.75 Å². The molecule has 0 amide bonds. The maximum absolute atomic E-state index is 15.8. The van der Waals surface area contributed by atoms with E-state index in [1.165, 1.54) is 24.7 Å². The zero-order chi connectivity index (χ0) is 28.4. The fourth-order valence-electron chi connectivity index (χ4n) is 4.17. The van der Waals surface area contributed by atoms with Crippen molar-refractivity contribution in [2.45, 2.75) is 64.3 Å². The molecule has 1 saturated heterocycles. The molecule has 1 aromatic carbocycles. The second kappa shape index (κ2) is 11.4. The van der Waals surface area contributed by atoms with E-state index in [0.717, 1.165) is 0 Å². The maximum atomic E-state index is 15.8. The second-order valence-corrected chi connectivity index (χ2v) is 11.3. The van der Waals surface area contributed by atoms with Gasteiger partial charge in [0, 0.05) is 13.5 Å². The largest absolute Gasteiger partial charge is 0.462 e. The molecular weight excluding hydrogens is 532 g/mol. The molecule has 15 heteroatoms. The van der Waals surface area contributed by atoms with Gasteiger partial charge in [0.15, 0.2) is 28.9 Å². The normalized spacial score (nSPS) is 23.5. The van der Waals surface area contributed by atoms with Gasteiger partial charge in [0.05, 0.1) is 25.1 Å². The summed E-state index contributed by atoms with van der Waals surface area (Å²) in [5.41, 5.74) is 4.65. The number of nitrogens with two attached hydrogens (primary N) is 1. The van der Waals surface area contributed by atoms with Gasteiger partial charge in [-0.1, -0.05) is 18.2 Å². The van der Waals surface area contributed by atoms with E-state index in [9.17, 15) is 9.36 Å². The number of benzene rings is 1. The Morgan fingerprint density at radius 3 is 2.69 bits per heavy atom. The number of imidazole rings is 1. The number of nitrogens with zero attached hydrogens (tertiary/aromatic N) is 4. The molecule has 1 fully saturated rings. The molecule has 4 N–H and O–H groups in total. The lowest BCUT2D eigenvalue weighted by Crippen LogP contribution is -2.36. The molecule has 4 rings (SSSR count). The molecule has 0 bridgehead atoms. The van der Waals surface area contributed by atoms with Crippen LogP contribution in [0.2, 0.25) is 0 Å². The molecule has 3 aromatic rings. The first-order chi connectivity index (χ1) is 18.4. The highest BCUT2D eigenvalue weighted by atomic mass is 31.2. The van der Waals surface area contributed by atoms with Crippen LogP contribution in [0.5, 0.6) is 5.75 Å². The number of alkyl halides is 1. The number of anilines is 2. The number of hydrogen-bond donors (Lipinski definition) is 3. The fourth-order valence-corrected chi connectivity index (χ4v) is 5.69. The zero-order valence-corrected chi connectivity index (χ0v) is 23.2. The lowest BCUT2D eigenvalue weighted by Gasteiger charge is -2.24. The highest BCUT2D eigenvalue weighted by Crippen LogP contribution is 2.48. The van der Waals surface area contributed by atoms with Crippen molar-refractivity contribution in [1.82, 2.24) is 24.6 Å². The van der Waals surface area contributed by atoms with E-state index < -0.39 is 37.8 Å². The number of carbonyl (C=O) groups is 1. The predicted octanol–water partition coefficient (Wildman–Crippen LogP) is 3.60. The van der Waals surface area contributed by atoms with Crippen molar-refractivity contribution >= 4 is 36.6 Å². The summed E-state index contributed by atoms with van der Waals surface area (Å²) in [4.78, 5) is 25.0. The summed E-state index contributed by atoms with van der Waals surface area (Å²) in [5, 5.41) is 5.50. The van der Waals surface area contributed by atoms with Gasteiger partial charge in [-0.05, 0) is 39.8 Å². The summed E-state index contributed by atoms with van der Waals surface area (Å²) in [7, 11) is -2.48. The summed E-state index contributed by atoms with van der Waals surface area (Å²) >= 11 is 0. The second-order valence-electron chi connectivity index (χ2n) is 9.63. The monoisotopic (exact) mass is 565 g/mol. The number of carbonyl (C=O) groups excluding carboxylic acids is 1. The first-order valence-electron chi connectivity index (χ1n) is 12.4. The highest BCUT2D eigenvalue weighted by molar-refractivity contribution is 7.52. The Balaban J connectivity index is 1.52. The summed E-state index contributed by atoms with van der Waals surface area (Å²) in [6.07, 6.45) is -1.01. The number of para-hydroxylation sites is 1. The standard InChI is InChI=1S/C24H33FN7O6P/c1-14(2)36-21(33)15(3)31-39(34,38-16-9-7-6-8-10-16)35-12-17-11-24(4,25)22(37-17)32-13-28-18-19(27-5)29-23(26)30-20(18)32/h6-10,13-15,17,22H,11-12H2,1-5H3,(H,31,34)(H3,26,27,29,30)/t15-,17-,22+,24+,39-/m0/s1. The van der Waals surface area contributed by atoms with Crippen molar-refractivity contribution in [3.05, 3.63) is 36.7 Å². The Morgan fingerprint density at radius 2 is 2.03 bits per heavy atom. The maximum Gasteiger partial charge on any atom is 0.459 e. The fraction of sp³-hybridized carbons (Fsp3) is 0.500. The minimum absolute atomic E-state index is 0.0118. The Labute approximate surface area is 225 Å². The van der Waals surface area contributed by atoms with Gasteiger partial charge in [0.2, 0.25) is 5.95 Å². The number of ether oxygens (including phenoxy) is 2. The summed E-state index contributed by atoms with van der Waals surface area (Å²) in [6.45, 7) is 5.96. The van der Waals surface area contributed by atoms with Crippen molar-refractivity contribution in [2.24, 2.45) is 0 Å². The van der Waals surface area contributed by atoms with Crippen molar-refractivity contribution in [1.29, 1.82) is 0 Å². The molecule has 0 spiro atoms. The molecule has 39 heavy (non-hydrogen) atoms. The molecule has 5 atom stereocenters. The smallest absolute Gasteiger partial charge is 0.459 e. The van der Waals surface area contributed by atoms with E-state index in [4.69, 9.17) is 24.3 Å². The van der Waals surface area contributed by atoms with E-state index in [1.54, 1.807) is 51.2 Å². The number of halogens is 1. The zero-order valence-electron chi connectivity index (χ0n) is 22.3. The minimum atomic E-state index is -4.14. The topological polar surface area (TPSA) is 165 Å². The van der Waals surface area contributed by atoms with Gasteiger partial charge in [-0.25, -0.2) is 13.9 Å². The minimum Gasteiger partial charge on any atom is -0.462 e. The Morgan fingerprint density at radius 1 is 1.31 bits per heavy atom. The van der Waals surface area contributed by atoms with Gasteiger partial charge < -0.3 is 25.0 Å². The van der Waals surface area contributed by atoms with E-state index in [1.807, 2.05) is 0 Å². The van der Waals surface area contributed by atoms with Crippen molar-refractivity contribution in [2.75, 3.05) is 24.7 Å². The lowest BCUT2D eigenvalue weighted by molar-refractivity contribution is -0.149. The number of esters is 1. The van der Waals surface area contributed by atoms with Gasteiger partial charge in [-0.2, -0.15) is 15.1 Å². The first kappa shape index (κ1) is 28.7. The molecule has 1 aliphatic rings. The van der Waals surface area contributed by atoms with Gasteiger partial charge in [0.25, 0.3) is 0 Å². The van der Waals surface area contributed by atoms with Gasteiger partial charge in [-0.15, -0.1) is 0 Å². The predicted molar refractivity (Wildman–Crippen MR) is 142 cm³/mol. The number of nitrogens with one attached hydrogen (secondary N) is 2. The van der Waals surface area contributed by atoms with E-state index in [0.29, 0.717) is 17.0 Å². The van der Waals surface area contributed by atoms with E-state index >= 15 is 4.39 Å². The van der Waals surface area contributed by atoms with Crippen LogP contribution in [0.15, 0.2) is 36.7 Å². The molecule has 0 saturated carbocycles. The molecule has 1 aliphatic heterocycles. The van der Waals surface area contributed by atoms with Crippen molar-refractivity contribution in [3.8, 4) is 5.75 Å². The number of fused-ring (bicyclic) bond motifs is 1. The lowest BCUT2D eigenvalue weighted by atomic mass is 10.0. The van der Waals surface area contributed by atoms with Crippen molar-refractivity contribution in [3.63, 3.8) is 0 Å². The summed E-state index contributed by atoms with van der Waals surface area (Å²) in [5.74, 6) is 0.00102. The third-order valence-electron chi connectivity index (χ3n) is 5.85. The molecule has 13 nitrogen and oxygen atoms in total. The van der Waals surface area contributed by atoms with Crippen LogP contribution in [0.4, 0.5) is 16.2 Å². The van der Waals surface area contributed by atoms with Crippen LogP contribution < -0.4 is 20.7 Å². The average molecular weight is 566 g/mol. The number of hydrogen-bond acceptors (Lipinski definition) is 11. The van der Waals surface area contributed by atoms with Crippen LogP contribution in [0.25, 0.3) is 11.2 Å². The molecule has 212 valence electrons. The highest BCUT2D eigenvalue weighted by Gasteiger charge is 2.48. The van der Waals surface area contributed by atoms with Gasteiger partial charge in [-0.3, -0.25) is 13.9 Å². The van der Waals surface area contributed by atoms with Crippen LogP contribution in [-0.2, 0) is 23.4 Å².